The highest BCUT2D eigenvalue weighted by Crippen LogP contribution is 2.42. The quantitative estimate of drug-likeness (QED) is 0.450. The van der Waals surface area contributed by atoms with E-state index in [0.717, 1.165) is 6.20 Å². The Kier molecular flexibility index (Phi) is 5.18. The standard InChI is InChI=1S/C15H20BBrFNO4/c1-14(2)15(3,4)23-16(22-14)10(7-13(20)21-5)9-6-12(17)19-8-11(9)18/h6,8,10H,7H2,1-5H3. The Labute approximate surface area is 144 Å². The summed E-state index contributed by atoms with van der Waals surface area (Å²) in [6.45, 7) is 7.62. The molecule has 23 heavy (non-hydrogen) atoms. The van der Waals surface area contributed by atoms with E-state index in [4.69, 9.17) is 14.0 Å². The lowest BCUT2D eigenvalue weighted by molar-refractivity contribution is -0.140. The molecule has 1 unspecified atom stereocenters. The van der Waals surface area contributed by atoms with Gasteiger partial charge in [-0.25, -0.2) is 9.37 Å². The molecule has 1 aromatic rings. The van der Waals surface area contributed by atoms with E-state index in [2.05, 4.69) is 20.9 Å². The second kappa shape index (κ2) is 6.49. The predicted molar refractivity (Wildman–Crippen MR) is 87.4 cm³/mol. The molecule has 1 aromatic heterocycles. The van der Waals surface area contributed by atoms with Gasteiger partial charge in [0.1, 0.15) is 10.4 Å². The van der Waals surface area contributed by atoms with Crippen LogP contribution in [-0.4, -0.2) is 36.4 Å². The van der Waals surface area contributed by atoms with Crippen LogP contribution in [0.3, 0.4) is 0 Å². The van der Waals surface area contributed by atoms with E-state index in [1.165, 1.54) is 13.2 Å². The van der Waals surface area contributed by atoms with Crippen LogP contribution >= 0.6 is 15.9 Å². The SMILES string of the molecule is COC(=O)CC(B1OC(C)(C)C(C)(C)O1)c1cc(Br)ncc1F. The van der Waals surface area contributed by atoms with Crippen molar-refractivity contribution in [2.45, 2.75) is 51.1 Å². The molecular weight excluding hydrogens is 368 g/mol. The molecule has 2 rings (SSSR count). The van der Waals surface area contributed by atoms with Gasteiger partial charge in [0.2, 0.25) is 0 Å². The Morgan fingerprint density at radius 1 is 1.39 bits per heavy atom. The molecule has 1 fully saturated rings. The minimum Gasteiger partial charge on any atom is -0.469 e. The van der Waals surface area contributed by atoms with Crippen LogP contribution in [-0.2, 0) is 18.8 Å². The molecule has 126 valence electrons. The third kappa shape index (κ3) is 3.75. The van der Waals surface area contributed by atoms with Gasteiger partial charge in [0.25, 0.3) is 0 Å². The van der Waals surface area contributed by atoms with Crippen LogP contribution in [0.2, 0.25) is 0 Å². The fraction of sp³-hybridized carbons (Fsp3) is 0.600. The van der Waals surface area contributed by atoms with Gasteiger partial charge >= 0.3 is 13.1 Å². The molecule has 1 atom stereocenters. The lowest BCUT2D eigenvalue weighted by Gasteiger charge is -2.32. The Balaban J connectivity index is 2.40. The first kappa shape index (κ1) is 18.4. The summed E-state index contributed by atoms with van der Waals surface area (Å²) in [7, 11) is 0.533. The number of ether oxygens (including phenoxy) is 1. The molecule has 5 nitrogen and oxygen atoms in total. The minimum atomic E-state index is -0.761. The first-order chi connectivity index (χ1) is 10.6. The number of esters is 1. The Morgan fingerprint density at radius 3 is 2.48 bits per heavy atom. The molecule has 0 amide bonds. The summed E-state index contributed by atoms with van der Waals surface area (Å²) in [4.78, 5) is 15.6. The second-order valence-electron chi connectivity index (χ2n) is 6.54. The molecule has 0 radical (unpaired) electrons. The first-order valence-corrected chi connectivity index (χ1v) is 8.10. The summed E-state index contributed by atoms with van der Waals surface area (Å²) in [5, 5.41) is 0. The number of hydrogen-bond acceptors (Lipinski definition) is 5. The normalized spacial score (nSPS) is 20.4. The monoisotopic (exact) mass is 387 g/mol. The first-order valence-electron chi connectivity index (χ1n) is 7.31. The van der Waals surface area contributed by atoms with Gasteiger partial charge in [0.15, 0.2) is 0 Å². The Morgan fingerprint density at radius 2 is 1.96 bits per heavy atom. The number of methoxy groups -OCH3 is 1. The van der Waals surface area contributed by atoms with E-state index in [0.29, 0.717) is 10.2 Å². The van der Waals surface area contributed by atoms with Crippen LogP contribution in [0.1, 0.15) is 45.5 Å². The maximum Gasteiger partial charge on any atom is 0.466 e. The van der Waals surface area contributed by atoms with Gasteiger partial charge in [0, 0.05) is 5.82 Å². The van der Waals surface area contributed by atoms with Gasteiger partial charge in [-0.2, -0.15) is 0 Å². The van der Waals surface area contributed by atoms with Crippen molar-refractivity contribution in [3.8, 4) is 0 Å². The summed E-state index contributed by atoms with van der Waals surface area (Å²) < 4.78 is 31.5. The van der Waals surface area contributed by atoms with E-state index in [1.807, 2.05) is 27.7 Å². The minimum absolute atomic E-state index is 0.0549. The Hall–Kier alpha value is -0.985. The molecule has 1 saturated heterocycles. The number of aromatic nitrogens is 1. The van der Waals surface area contributed by atoms with E-state index in [-0.39, 0.29) is 6.42 Å². The number of rotatable bonds is 4. The van der Waals surface area contributed by atoms with Gasteiger partial charge in [-0.1, -0.05) is 0 Å². The molecule has 0 N–H and O–H groups in total. The maximum absolute atomic E-state index is 14.3. The number of halogens is 2. The van der Waals surface area contributed by atoms with E-state index >= 15 is 0 Å². The topological polar surface area (TPSA) is 57.7 Å². The second-order valence-corrected chi connectivity index (χ2v) is 7.35. The van der Waals surface area contributed by atoms with Crippen molar-refractivity contribution in [1.29, 1.82) is 0 Å². The number of carbonyl (C=O) groups excluding carboxylic acids is 1. The van der Waals surface area contributed by atoms with E-state index in [9.17, 15) is 9.18 Å². The van der Waals surface area contributed by atoms with Crippen LogP contribution in [0, 0.1) is 5.82 Å². The maximum atomic E-state index is 14.3. The zero-order valence-corrected chi connectivity index (χ0v) is 15.4. The summed E-state index contributed by atoms with van der Waals surface area (Å²) >= 11 is 3.23. The summed E-state index contributed by atoms with van der Waals surface area (Å²) in [5.74, 6) is -1.61. The fourth-order valence-electron chi connectivity index (χ4n) is 2.38. The molecule has 0 spiro atoms. The van der Waals surface area contributed by atoms with Gasteiger partial charge in [-0.05, 0) is 55.3 Å². The van der Waals surface area contributed by atoms with Crippen molar-refractivity contribution in [2.24, 2.45) is 0 Å². The third-order valence-corrected chi connectivity index (χ3v) is 4.90. The van der Waals surface area contributed by atoms with Crippen LogP contribution in [0.4, 0.5) is 4.39 Å². The van der Waals surface area contributed by atoms with Gasteiger partial charge in [0.05, 0.1) is 30.9 Å². The molecule has 1 aliphatic rings. The summed E-state index contributed by atoms with van der Waals surface area (Å²) in [5.41, 5.74) is -0.852. The van der Waals surface area contributed by atoms with Gasteiger partial charge < -0.3 is 14.0 Å². The largest absolute Gasteiger partial charge is 0.469 e. The Bertz CT molecular complexity index is 595. The molecule has 8 heteroatoms. The molecule has 0 saturated carbocycles. The molecule has 2 heterocycles. The summed E-state index contributed by atoms with van der Waals surface area (Å²) in [6, 6.07) is 1.54. The highest BCUT2D eigenvalue weighted by atomic mass is 79.9. The molecular formula is C15H20BBrFNO4. The van der Waals surface area contributed by atoms with Crippen LogP contribution in [0.25, 0.3) is 0 Å². The summed E-state index contributed by atoms with van der Waals surface area (Å²) in [6.07, 6.45) is 1.05. The number of hydrogen-bond donors (Lipinski definition) is 0. The predicted octanol–water partition coefficient (Wildman–Crippen LogP) is 3.26. The van der Waals surface area contributed by atoms with Gasteiger partial charge in [-0.15, -0.1) is 0 Å². The lowest BCUT2D eigenvalue weighted by Crippen LogP contribution is -2.41. The number of carbonyl (C=O) groups is 1. The van der Waals surface area contributed by atoms with E-state index in [1.54, 1.807) is 0 Å². The van der Waals surface area contributed by atoms with Crippen molar-refractivity contribution >= 4 is 29.0 Å². The zero-order valence-electron chi connectivity index (χ0n) is 13.9. The van der Waals surface area contributed by atoms with Crippen molar-refractivity contribution in [3.63, 3.8) is 0 Å². The molecule has 0 bridgehead atoms. The van der Waals surface area contributed by atoms with Gasteiger partial charge in [-0.3, -0.25) is 4.79 Å². The smallest absolute Gasteiger partial charge is 0.466 e. The number of nitrogens with zero attached hydrogens (tertiary/aromatic N) is 1. The highest BCUT2D eigenvalue weighted by molar-refractivity contribution is 9.10. The third-order valence-electron chi connectivity index (χ3n) is 4.47. The van der Waals surface area contributed by atoms with Crippen molar-refractivity contribution in [3.05, 3.63) is 28.2 Å². The average Bonchev–Trinajstić information content (AvgIpc) is 2.67. The number of pyridine rings is 1. The fourth-order valence-corrected chi connectivity index (χ4v) is 2.73. The van der Waals surface area contributed by atoms with Crippen LogP contribution in [0.5, 0.6) is 0 Å². The average molecular weight is 388 g/mol. The highest BCUT2D eigenvalue weighted by Gasteiger charge is 2.54. The van der Waals surface area contributed by atoms with Crippen LogP contribution in [0.15, 0.2) is 16.9 Å². The van der Waals surface area contributed by atoms with Crippen molar-refractivity contribution in [2.75, 3.05) is 7.11 Å². The van der Waals surface area contributed by atoms with Crippen molar-refractivity contribution < 1.29 is 23.2 Å². The van der Waals surface area contributed by atoms with E-state index < -0.39 is 35.9 Å². The zero-order chi connectivity index (χ0) is 17.4. The van der Waals surface area contributed by atoms with Crippen LogP contribution < -0.4 is 0 Å². The molecule has 1 aliphatic heterocycles. The molecule has 0 aliphatic carbocycles. The lowest BCUT2D eigenvalue weighted by atomic mass is 9.66. The van der Waals surface area contributed by atoms with Crippen molar-refractivity contribution in [1.82, 2.24) is 4.98 Å². The molecule has 0 aromatic carbocycles.